The smallest absolute Gasteiger partial charge is 0.490 e. The molecule has 202 valence electrons. The molecule has 1 saturated heterocycles. The quantitative estimate of drug-likeness (QED) is 0.626. The van der Waals surface area contributed by atoms with Crippen LogP contribution in [0, 0.1) is 0 Å². The van der Waals surface area contributed by atoms with Crippen molar-refractivity contribution in [2.24, 2.45) is 0 Å². The van der Waals surface area contributed by atoms with E-state index in [1.54, 1.807) is 29.6 Å². The van der Waals surface area contributed by atoms with Crippen LogP contribution in [0.25, 0.3) is 0 Å². The van der Waals surface area contributed by atoms with Gasteiger partial charge < -0.3 is 14.6 Å². The third-order valence-electron chi connectivity index (χ3n) is 6.96. The lowest BCUT2D eigenvalue weighted by Gasteiger charge is -2.37. The van der Waals surface area contributed by atoms with Gasteiger partial charge in [0.15, 0.2) is 0 Å². The zero-order valence-corrected chi connectivity index (χ0v) is 21.1. The van der Waals surface area contributed by atoms with Gasteiger partial charge in [-0.1, -0.05) is 30.7 Å². The third kappa shape index (κ3) is 6.02. The number of rotatable bonds is 4. The number of methoxy groups -OCH3 is 1. The van der Waals surface area contributed by atoms with Gasteiger partial charge in [0.05, 0.1) is 13.7 Å². The van der Waals surface area contributed by atoms with Gasteiger partial charge in [-0.2, -0.15) is 17.5 Å². The maximum Gasteiger partial charge on any atom is 0.490 e. The minimum absolute atomic E-state index is 0.262. The number of hydrogen-bond donors (Lipinski definition) is 1. The summed E-state index contributed by atoms with van der Waals surface area (Å²) >= 11 is 0. The highest BCUT2D eigenvalue weighted by Crippen LogP contribution is 2.41. The molecule has 0 radical (unpaired) electrons. The molecule has 0 amide bonds. The van der Waals surface area contributed by atoms with Crippen LogP contribution >= 0.6 is 0 Å². The molecule has 1 N–H and O–H groups in total. The molecule has 1 spiro atoms. The Kier molecular flexibility index (Phi) is 7.72. The van der Waals surface area contributed by atoms with Gasteiger partial charge in [-0.25, -0.2) is 13.2 Å². The first kappa shape index (κ1) is 27.2. The van der Waals surface area contributed by atoms with Gasteiger partial charge >= 0.3 is 12.1 Å². The fourth-order valence-electron chi connectivity index (χ4n) is 4.79. The average Bonchev–Trinajstić information content (AvgIpc) is 3.17. The van der Waals surface area contributed by atoms with Crippen molar-refractivity contribution in [1.82, 2.24) is 9.21 Å². The molecule has 1 aliphatic carbocycles. The highest BCUT2D eigenvalue weighted by atomic mass is 32.2. The molecule has 8 nitrogen and oxygen atoms in total. The topological polar surface area (TPSA) is 96.4 Å². The Hall–Kier alpha value is -2.83. The van der Waals surface area contributed by atoms with Crippen LogP contribution < -0.4 is 9.47 Å². The third-order valence-corrected chi connectivity index (χ3v) is 8.79. The zero-order chi connectivity index (χ0) is 26.8. The Bertz CT molecular complexity index is 1220. The molecule has 5 rings (SSSR count). The summed E-state index contributed by atoms with van der Waals surface area (Å²) < 4.78 is 72.3. The molecule has 1 saturated carbocycles. The van der Waals surface area contributed by atoms with Crippen LogP contribution in [0.2, 0.25) is 0 Å². The fourth-order valence-corrected chi connectivity index (χ4v) is 6.40. The number of fused-ring (bicyclic) bond motifs is 1. The summed E-state index contributed by atoms with van der Waals surface area (Å²) in [7, 11) is -2.04. The molecule has 2 fully saturated rings. The molecule has 37 heavy (non-hydrogen) atoms. The van der Waals surface area contributed by atoms with E-state index >= 15 is 0 Å². The lowest BCUT2D eigenvalue weighted by atomic mass is 9.91. The number of hydrogen-bond acceptors (Lipinski definition) is 6. The van der Waals surface area contributed by atoms with Gasteiger partial charge in [0.1, 0.15) is 22.0 Å². The number of carbonyl (C=O) groups is 1. The van der Waals surface area contributed by atoms with E-state index in [1.165, 1.54) is 19.3 Å². The summed E-state index contributed by atoms with van der Waals surface area (Å²) in [6.45, 7) is 2.42. The van der Waals surface area contributed by atoms with E-state index in [2.05, 4.69) is 4.90 Å². The normalized spacial score (nSPS) is 23.7. The molecule has 12 heteroatoms. The number of ether oxygens (including phenoxy) is 2. The largest absolute Gasteiger partial charge is 0.497 e. The van der Waals surface area contributed by atoms with Gasteiger partial charge in [-0.05, 0) is 42.7 Å². The van der Waals surface area contributed by atoms with Crippen LogP contribution in [-0.4, -0.2) is 73.3 Å². The van der Waals surface area contributed by atoms with Crippen molar-refractivity contribution in [3.8, 4) is 11.5 Å². The van der Waals surface area contributed by atoms with E-state index in [4.69, 9.17) is 19.4 Å². The van der Waals surface area contributed by atoms with E-state index in [1.807, 2.05) is 30.3 Å². The summed E-state index contributed by atoms with van der Waals surface area (Å²) in [5, 5.41) is 7.12. The maximum atomic E-state index is 13.6. The van der Waals surface area contributed by atoms with Gasteiger partial charge in [-0.3, -0.25) is 4.90 Å². The van der Waals surface area contributed by atoms with Crippen LogP contribution in [-0.2, 0) is 21.4 Å². The maximum absolute atomic E-state index is 13.6. The van der Waals surface area contributed by atoms with E-state index in [-0.39, 0.29) is 4.90 Å². The fraction of sp³-hybridized carbons (Fsp3) is 0.480. The number of carboxylic acid groups (broad SMARTS) is 1. The number of likely N-dealkylation sites (tertiary alicyclic amines) is 1. The van der Waals surface area contributed by atoms with Crippen molar-refractivity contribution in [3.63, 3.8) is 0 Å². The highest BCUT2D eigenvalue weighted by molar-refractivity contribution is 7.89. The van der Waals surface area contributed by atoms with E-state index in [9.17, 15) is 21.6 Å². The lowest BCUT2D eigenvalue weighted by Crippen LogP contribution is -2.50. The van der Waals surface area contributed by atoms with Gasteiger partial charge in [0.25, 0.3) is 0 Å². The molecule has 2 aromatic rings. The summed E-state index contributed by atoms with van der Waals surface area (Å²) in [6.07, 6.45) is -0.483. The predicted octanol–water partition coefficient (Wildman–Crippen LogP) is 3.91. The summed E-state index contributed by atoms with van der Waals surface area (Å²) in [5.74, 6) is -1.52. The monoisotopic (exact) mass is 542 g/mol. The van der Waals surface area contributed by atoms with Gasteiger partial charge in [-0.15, -0.1) is 0 Å². The first-order valence-corrected chi connectivity index (χ1v) is 13.3. The van der Waals surface area contributed by atoms with Gasteiger partial charge in [0, 0.05) is 32.1 Å². The second kappa shape index (κ2) is 10.5. The molecule has 1 unspecified atom stereocenters. The Labute approximate surface area is 213 Å². The number of aliphatic carboxylic acids is 1. The van der Waals surface area contributed by atoms with Crippen LogP contribution in [0.3, 0.4) is 0 Å². The van der Waals surface area contributed by atoms with Crippen LogP contribution in [0.15, 0.2) is 53.4 Å². The molecule has 0 aromatic heterocycles. The number of sulfonamides is 1. The summed E-state index contributed by atoms with van der Waals surface area (Å²) in [6, 6.07) is 15.3. The SMILES string of the molecule is COc1ccc(CN2CC3(CCN(C4CCC4)C3)Oc3ccccc3S2(=O)=O)cc1.O=C(O)C(F)(F)F. The second-order valence-corrected chi connectivity index (χ2v) is 11.4. The second-order valence-electron chi connectivity index (χ2n) is 9.46. The first-order chi connectivity index (χ1) is 17.4. The van der Waals surface area contributed by atoms with Crippen LogP contribution in [0.4, 0.5) is 13.2 Å². The Morgan fingerprint density at radius 2 is 1.78 bits per heavy atom. The molecule has 0 bridgehead atoms. The summed E-state index contributed by atoms with van der Waals surface area (Å²) in [4.78, 5) is 11.7. The number of benzene rings is 2. The van der Waals surface area contributed by atoms with Crippen LogP contribution in [0.1, 0.15) is 31.2 Å². The van der Waals surface area contributed by atoms with Crippen molar-refractivity contribution >= 4 is 16.0 Å². The first-order valence-electron chi connectivity index (χ1n) is 11.9. The molecule has 2 heterocycles. The van der Waals surface area contributed by atoms with Crippen molar-refractivity contribution in [1.29, 1.82) is 0 Å². The number of alkyl halides is 3. The highest BCUT2D eigenvalue weighted by Gasteiger charge is 2.49. The van der Waals surface area contributed by atoms with E-state index in [0.717, 1.165) is 30.8 Å². The minimum Gasteiger partial charge on any atom is -0.497 e. The number of carboxylic acids is 1. The molecular weight excluding hydrogens is 513 g/mol. The molecule has 1 atom stereocenters. The molecular formula is C25H29F3N2O6S. The van der Waals surface area contributed by atoms with Crippen molar-refractivity contribution in [3.05, 3.63) is 54.1 Å². The molecule has 3 aliphatic rings. The van der Waals surface area contributed by atoms with Gasteiger partial charge in [0.2, 0.25) is 10.0 Å². The zero-order valence-electron chi connectivity index (χ0n) is 20.3. The Morgan fingerprint density at radius 3 is 2.35 bits per heavy atom. The number of nitrogens with zero attached hydrogens (tertiary/aromatic N) is 2. The number of halogens is 3. The number of para-hydroxylation sites is 1. The minimum atomic E-state index is -5.08. The predicted molar refractivity (Wildman–Crippen MR) is 128 cm³/mol. The Morgan fingerprint density at radius 1 is 1.14 bits per heavy atom. The van der Waals surface area contributed by atoms with E-state index < -0.39 is 27.8 Å². The average molecular weight is 543 g/mol. The van der Waals surface area contributed by atoms with E-state index in [0.29, 0.717) is 24.9 Å². The lowest BCUT2D eigenvalue weighted by molar-refractivity contribution is -0.192. The molecule has 2 aromatic carbocycles. The standard InChI is InChI=1S/C23H28N2O4S.C2HF3O2/c1-28-20-11-9-18(10-12-20)15-25-17-23(13-14-24(16-23)19-5-4-6-19)29-21-7-2-3-8-22(21)30(25,26)27;3-2(4,5)1(6)7/h2-3,7-12,19H,4-6,13-17H2,1H3;(H,6,7). The van der Waals surface area contributed by atoms with Crippen molar-refractivity contribution in [2.75, 3.05) is 26.7 Å². The Balaban J connectivity index is 0.000000405. The molecule has 2 aliphatic heterocycles. The van der Waals surface area contributed by atoms with Crippen molar-refractivity contribution < 1.29 is 41.0 Å². The van der Waals surface area contributed by atoms with Crippen LogP contribution in [0.5, 0.6) is 11.5 Å². The van der Waals surface area contributed by atoms with Crippen molar-refractivity contribution in [2.45, 2.75) is 54.9 Å². The summed E-state index contributed by atoms with van der Waals surface area (Å²) in [5.41, 5.74) is 0.421.